The molecule has 0 radical (unpaired) electrons. The summed E-state index contributed by atoms with van der Waals surface area (Å²) in [6.45, 7) is 4.60. The summed E-state index contributed by atoms with van der Waals surface area (Å²) in [6, 6.07) is 17.0. The molecule has 0 aromatic heterocycles. The average Bonchev–Trinajstić information content (AvgIpc) is 3.30. The zero-order valence-electron chi connectivity index (χ0n) is 20.7. The largest absolute Gasteiger partial charge is 0.494 e. The lowest BCUT2D eigenvalue weighted by Crippen LogP contribution is -2.52. The molecule has 0 saturated heterocycles. The second kappa shape index (κ2) is 11.7. The minimum atomic E-state index is -1.25. The number of aliphatic imine (C=N–C) groups is 1. The number of amides is 1. The van der Waals surface area contributed by atoms with Gasteiger partial charge in [0, 0.05) is 31.6 Å². The van der Waals surface area contributed by atoms with Gasteiger partial charge in [-0.25, -0.2) is 4.99 Å². The van der Waals surface area contributed by atoms with Gasteiger partial charge in [-0.15, -0.1) is 6.58 Å². The van der Waals surface area contributed by atoms with E-state index in [1.54, 1.807) is 6.08 Å². The highest BCUT2D eigenvalue weighted by Gasteiger charge is 2.52. The van der Waals surface area contributed by atoms with Crippen LogP contribution in [0.15, 0.2) is 72.2 Å². The van der Waals surface area contributed by atoms with E-state index in [-0.39, 0.29) is 25.5 Å². The van der Waals surface area contributed by atoms with Gasteiger partial charge in [-0.1, -0.05) is 55.7 Å². The summed E-state index contributed by atoms with van der Waals surface area (Å²) in [5.41, 5.74) is -0.563. The van der Waals surface area contributed by atoms with Crippen molar-refractivity contribution in [3.63, 3.8) is 0 Å². The summed E-state index contributed by atoms with van der Waals surface area (Å²) >= 11 is 0. The van der Waals surface area contributed by atoms with E-state index >= 15 is 0 Å². The first-order chi connectivity index (χ1) is 17.5. The van der Waals surface area contributed by atoms with Gasteiger partial charge < -0.3 is 25.0 Å². The van der Waals surface area contributed by atoms with Crippen LogP contribution in [0.5, 0.6) is 5.75 Å². The van der Waals surface area contributed by atoms with Crippen LogP contribution in [0.4, 0.5) is 0 Å². The molecule has 1 saturated carbocycles. The van der Waals surface area contributed by atoms with Gasteiger partial charge >= 0.3 is 0 Å². The highest BCUT2D eigenvalue weighted by atomic mass is 16.5. The molecule has 3 N–H and O–H groups in total. The Morgan fingerprint density at radius 1 is 1.14 bits per heavy atom. The van der Waals surface area contributed by atoms with Gasteiger partial charge in [0.1, 0.15) is 5.75 Å². The molecular weight excluding hydrogens is 456 g/mol. The third kappa shape index (κ3) is 5.79. The van der Waals surface area contributed by atoms with E-state index < -0.39 is 17.2 Å². The maximum Gasteiger partial charge on any atom is 0.252 e. The second-order valence-electron chi connectivity index (χ2n) is 9.66. The van der Waals surface area contributed by atoms with Gasteiger partial charge in [0.25, 0.3) is 5.91 Å². The molecule has 1 fully saturated rings. The molecule has 2 aliphatic rings. The summed E-state index contributed by atoms with van der Waals surface area (Å²) in [5.74, 6) is 0.773. The molecule has 1 amide bonds. The number of carbonyl (C=O) groups excluding carboxylic acids is 1. The number of ether oxygens (including phenoxy) is 2. The Labute approximate surface area is 212 Å². The van der Waals surface area contributed by atoms with E-state index in [4.69, 9.17) is 19.6 Å². The van der Waals surface area contributed by atoms with E-state index in [1.807, 2.05) is 54.6 Å². The summed E-state index contributed by atoms with van der Waals surface area (Å²) in [6.07, 6.45) is 6.28. The van der Waals surface area contributed by atoms with Crippen molar-refractivity contribution in [1.82, 2.24) is 5.32 Å². The number of benzene rings is 2. The van der Waals surface area contributed by atoms with Gasteiger partial charge in [-0.05, 0) is 42.7 Å². The lowest BCUT2D eigenvalue weighted by Gasteiger charge is -2.34. The van der Waals surface area contributed by atoms with Gasteiger partial charge in [0.2, 0.25) is 5.90 Å². The lowest BCUT2D eigenvalue weighted by molar-refractivity contribution is -0.130. The van der Waals surface area contributed by atoms with Crippen molar-refractivity contribution >= 4 is 11.8 Å². The summed E-state index contributed by atoms with van der Waals surface area (Å²) in [5, 5.41) is 22.9. The molecule has 7 heteroatoms. The normalized spacial score (nSPS) is 22.8. The predicted molar refractivity (Wildman–Crippen MR) is 139 cm³/mol. The molecule has 2 aromatic carbocycles. The quantitative estimate of drug-likeness (QED) is 0.324. The van der Waals surface area contributed by atoms with Crippen molar-refractivity contribution in [2.75, 3.05) is 19.8 Å². The molecule has 2 atom stereocenters. The minimum absolute atomic E-state index is 0.0778. The molecule has 4 rings (SSSR count). The van der Waals surface area contributed by atoms with Crippen LogP contribution in [-0.4, -0.2) is 52.9 Å². The maximum atomic E-state index is 13.8. The smallest absolute Gasteiger partial charge is 0.252 e. The van der Waals surface area contributed by atoms with E-state index in [1.165, 1.54) is 0 Å². The zero-order chi connectivity index (χ0) is 25.4. The highest BCUT2D eigenvalue weighted by molar-refractivity contribution is 6.01. The standard InChI is InChI=1S/C29H36N2O5/c1-2-16-29(27(33)30-21-28(34)17-7-4-8-18-28)25(22-10-5-3-6-11-22)36-26(31-29)23-12-14-24(15-13-23)35-20-9-19-32/h2-3,5-6,10-15,25,32,34H,1,4,7-9,16-21H2,(H,30,33)/t25-,29-/m1/s1. The molecule has 192 valence electrons. The van der Waals surface area contributed by atoms with E-state index in [9.17, 15) is 9.90 Å². The Morgan fingerprint density at radius 2 is 1.86 bits per heavy atom. The molecule has 7 nitrogen and oxygen atoms in total. The third-order valence-electron chi connectivity index (χ3n) is 6.95. The van der Waals surface area contributed by atoms with Crippen LogP contribution in [-0.2, 0) is 9.53 Å². The van der Waals surface area contributed by atoms with E-state index in [0.717, 1.165) is 30.4 Å². The van der Waals surface area contributed by atoms with Crippen LogP contribution in [0.2, 0.25) is 0 Å². The molecule has 1 aliphatic heterocycles. The molecule has 36 heavy (non-hydrogen) atoms. The number of aliphatic hydroxyl groups is 2. The van der Waals surface area contributed by atoms with E-state index in [0.29, 0.717) is 37.5 Å². The molecule has 1 heterocycles. The number of aliphatic hydroxyl groups excluding tert-OH is 1. The highest BCUT2D eigenvalue weighted by Crippen LogP contribution is 2.43. The first-order valence-electron chi connectivity index (χ1n) is 12.8. The van der Waals surface area contributed by atoms with Crippen molar-refractivity contribution < 1.29 is 24.5 Å². The molecule has 0 unspecified atom stereocenters. The number of nitrogens with zero attached hydrogens (tertiary/aromatic N) is 1. The maximum absolute atomic E-state index is 13.8. The van der Waals surface area contributed by atoms with Crippen molar-refractivity contribution in [2.45, 2.75) is 62.2 Å². The number of hydrogen-bond acceptors (Lipinski definition) is 6. The van der Waals surface area contributed by atoms with Gasteiger partial charge in [-0.2, -0.15) is 0 Å². The minimum Gasteiger partial charge on any atom is -0.494 e. The molecule has 2 aromatic rings. The molecular formula is C29H36N2O5. The second-order valence-corrected chi connectivity index (χ2v) is 9.66. The van der Waals surface area contributed by atoms with Crippen LogP contribution in [0.25, 0.3) is 0 Å². The van der Waals surface area contributed by atoms with Crippen LogP contribution >= 0.6 is 0 Å². The summed E-state index contributed by atoms with van der Waals surface area (Å²) in [4.78, 5) is 18.7. The molecule has 0 spiro atoms. The SMILES string of the molecule is C=CC[C@@]1(C(=O)NCC2(O)CCCCC2)N=C(c2ccc(OCCCO)cc2)O[C@@H]1c1ccccc1. The Balaban J connectivity index is 1.62. The van der Waals surface area contributed by atoms with Crippen molar-refractivity contribution in [3.8, 4) is 5.75 Å². The number of rotatable bonds is 11. The van der Waals surface area contributed by atoms with E-state index in [2.05, 4.69) is 11.9 Å². The Hall–Kier alpha value is -3.16. The van der Waals surface area contributed by atoms with Gasteiger partial charge in [0.05, 0.1) is 12.2 Å². The number of hydrogen-bond donors (Lipinski definition) is 3. The number of nitrogens with one attached hydrogen (secondary N) is 1. The number of carbonyl (C=O) groups is 1. The Bertz CT molecular complexity index is 1050. The third-order valence-corrected chi connectivity index (χ3v) is 6.95. The van der Waals surface area contributed by atoms with Crippen LogP contribution in [0.1, 0.15) is 62.2 Å². The fourth-order valence-electron chi connectivity index (χ4n) is 4.95. The predicted octanol–water partition coefficient (Wildman–Crippen LogP) is 4.09. The van der Waals surface area contributed by atoms with Crippen molar-refractivity contribution in [2.24, 2.45) is 4.99 Å². The molecule has 0 bridgehead atoms. The Kier molecular flexibility index (Phi) is 8.44. The summed E-state index contributed by atoms with van der Waals surface area (Å²) < 4.78 is 12.0. The zero-order valence-corrected chi connectivity index (χ0v) is 20.7. The first-order valence-corrected chi connectivity index (χ1v) is 12.8. The topological polar surface area (TPSA) is 100 Å². The monoisotopic (exact) mass is 492 g/mol. The van der Waals surface area contributed by atoms with Crippen LogP contribution in [0.3, 0.4) is 0 Å². The average molecular weight is 493 g/mol. The fraction of sp³-hybridized carbons (Fsp3) is 0.448. The summed E-state index contributed by atoms with van der Waals surface area (Å²) in [7, 11) is 0. The Morgan fingerprint density at radius 3 is 2.53 bits per heavy atom. The van der Waals surface area contributed by atoms with Crippen molar-refractivity contribution in [3.05, 3.63) is 78.4 Å². The first kappa shape index (κ1) is 25.9. The molecule has 1 aliphatic carbocycles. The van der Waals surface area contributed by atoms with Gasteiger partial charge in [0.15, 0.2) is 11.6 Å². The van der Waals surface area contributed by atoms with Crippen LogP contribution < -0.4 is 10.1 Å². The fourth-order valence-corrected chi connectivity index (χ4v) is 4.95. The van der Waals surface area contributed by atoms with Crippen LogP contribution in [0, 0.1) is 0 Å². The lowest BCUT2D eigenvalue weighted by atomic mass is 9.82. The van der Waals surface area contributed by atoms with Gasteiger partial charge in [-0.3, -0.25) is 4.79 Å². The van der Waals surface area contributed by atoms with Crippen molar-refractivity contribution in [1.29, 1.82) is 0 Å².